The van der Waals surface area contributed by atoms with Crippen LogP contribution in [0.5, 0.6) is 0 Å². The van der Waals surface area contributed by atoms with Gasteiger partial charge in [0.15, 0.2) is 0 Å². The van der Waals surface area contributed by atoms with E-state index in [0.29, 0.717) is 12.5 Å². The van der Waals surface area contributed by atoms with Gasteiger partial charge in [-0.2, -0.15) is 15.1 Å². The molecule has 0 radical (unpaired) electrons. The number of nitrogens with zero attached hydrogens (tertiary/aromatic N) is 5. The van der Waals surface area contributed by atoms with Crippen molar-refractivity contribution in [3.05, 3.63) is 36.8 Å². The van der Waals surface area contributed by atoms with Crippen LogP contribution in [0.15, 0.2) is 31.2 Å². The van der Waals surface area contributed by atoms with Crippen LogP contribution in [0.3, 0.4) is 0 Å². The quantitative estimate of drug-likeness (QED) is 0.556. The topological polar surface area (TPSA) is 104 Å². The second-order valence-corrected chi connectivity index (χ2v) is 7.27. The van der Waals surface area contributed by atoms with E-state index in [-0.39, 0.29) is 11.9 Å². The first-order valence-corrected chi connectivity index (χ1v) is 9.90. The fraction of sp³-hybridized carbons (Fsp3) is 0.400. The SMILES string of the molecule is C=CC(=O)N1CCCC(Nc2nc(Nc3cnn(CC)c3)nc3[nH]cc(C)c23)C1. The Hall–Kier alpha value is -3.36. The number of piperidine rings is 1. The second-order valence-electron chi connectivity index (χ2n) is 7.27. The lowest BCUT2D eigenvalue weighted by Gasteiger charge is -2.33. The van der Waals surface area contributed by atoms with Crippen LogP contribution in [0.2, 0.25) is 0 Å². The Bertz CT molecular complexity index is 1040. The zero-order chi connectivity index (χ0) is 20.4. The Kier molecular flexibility index (Phi) is 5.20. The van der Waals surface area contributed by atoms with Crippen LogP contribution in [-0.4, -0.2) is 54.7 Å². The maximum Gasteiger partial charge on any atom is 0.246 e. The molecule has 1 aliphatic heterocycles. The lowest BCUT2D eigenvalue weighted by Crippen LogP contribution is -2.44. The van der Waals surface area contributed by atoms with Crippen LogP contribution in [0.25, 0.3) is 11.0 Å². The number of rotatable bonds is 6. The Morgan fingerprint density at radius 2 is 2.31 bits per heavy atom. The van der Waals surface area contributed by atoms with E-state index in [0.717, 1.165) is 54.0 Å². The summed E-state index contributed by atoms with van der Waals surface area (Å²) in [6, 6.07) is 0.121. The molecule has 4 heterocycles. The second kappa shape index (κ2) is 7.94. The lowest BCUT2D eigenvalue weighted by atomic mass is 10.1. The molecule has 1 atom stereocenters. The highest BCUT2D eigenvalue weighted by Crippen LogP contribution is 2.28. The number of aromatic nitrogens is 5. The van der Waals surface area contributed by atoms with Crippen molar-refractivity contribution in [3.8, 4) is 0 Å². The van der Waals surface area contributed by atoms with Gasteiger partial charge >= 0.3 is 0 Å². The highest BCUT2D eigenvalue weighted by atomic mass is 16.2. The van der Waals surface area contributed by atoms with Crippen molar-refractivity contribution in [2.75, 3.05) is 23.7 Å². The number of hydrogen-bond acceptors (Lipinski definition) is 6. The summed E-state index contributed by atoms with van der Waals surface area (Å²) in [5, 5.41) is 12.0. The van der Waals surface area contributed by atoms with Gasteiger partial charge in [-0.1, -0.05) is 6.58 Å². The summed E-state index contributed by atoms with van der Waals surface area (Å²) in [7, 11) is 0. The van der Waals surface area contributed by atoms with Crippen LogP contribution < -0.4 is 10.6 Å². The number of likely N-dealkylation sites (tertiary alicyclic amines) is 1. The van der Waals surface area contributed by atoms with E-state index < -0.39 is 0 Å². The number of anilines is 3. The molecule has 152 valence electrons. The number of H-pyrrole nitrogens is 1. The molecule has 1 aliphatic rings. The average Bonchev–Trinajstić information content (AvgIpc) is 3.34. The Labute approximate surface area is 169 Å². The van der Waals surface area contributed by atoms with E-state index in [2.05, 4.69) is 32.3 Å². The molecule has 0 aromatic carbocycles. The maximum absolute atomic E-state index is 12.0. The zero-order valence-electron chi connectivity index (χ0n) is 16.8. The smallest absolute Gasteiger partial charge is 0.246 e. The molecule has 3 N–H and O–H groups in total. The van der Waals surface area contributed by atoms with Crippen molar-refractivity contribution in [1.29, 1.82) is 0 Å². The van der Waals surface area contributed by atoms with E-state index in [9.17, 15) is 4.79 Å². The third-order valence-electron chi connectivity index (χ3n) is 5.19. The third kappa shape index (κ3) is 3.94. The molecule has 3 aromatic rings. The summed E-state index contributed by atoms with van der Waals surface area (Å²) in [4.78, 5) is 26.4. The molecule has 3 aromatic heterocycles. The third-order valence-corrected chi connectivity index (χ3v) is 5.19. The molecule has 9 nitrogen and oxygen atoms in total. The van der Waals surface area contributed by atoms with E-state index in [4.69, 9.17) is 4.98 Å². The molecule has 9 heteroatoms. The number of fused-ring (bicyclic) bond motifs is 1. The molecule has 0 saturated carbocycles. The summed E-state index contributed by atoms with van der Waals surface area (Å²) in [6.45, 7) is 9.85. The van der Waals surface area contributed by atoms with Crippen molar-refractivity contribution in [1.82, 2.24) is 29.6 Å². The van der Waals surface area contributed by atoms with Gasteiger partial charge in [0.05, 0.1) is 17.3 Å². The van der Waals surface area contributed by atoms with Crippen molar-refractivity contribution in [2.24, 2.45) is 0 Å². The van der Waals surface area contributed by atoms with E-state index in [1.807, 2.05) is 35.8 Å². The normalized spacial score (nSPS) is 16.8. The molecule has 1 unspecified atom stereocenters. The highest BCUT2D eigenvalue weighted by molar-refractivity contribution is 5.91. The first-order valence-electron chi connectivity index (χ1n) is 9.90. The van der Waals surface area contributed by atoms with Crippen LogP contribution in [0, 0.1) is 6.92 Å². The van der Waals surface area contributed by atoms with Gasteiger partial charge in [0.2, 0.25) is 11.9 Å². The van der Waals surface area contributed by atoms with E-state index in [1.54, 1.807) is 6.20 Å². The number of nitrogens with one attached hydrogen (secondary N) is 3. The predicted molar refractivity (Wildman–Crippen MR) is 113 cm³/mol. The van der Waals surface area contributed by atoms with Crippen LogP contribution >= 0.6 is 0 Å². The zero-order valence-corrected chi connectivity index (χ0v) is 16.8. The summed E-state index contributed by atoms with van der Waals surface area (Å²) in [6.07, 6.45) is 8.89. The molecule has 1 saturated heterocycles. The number of aryl methyl sites for hydroxylation is 2. The lowest BCUT2D eigenvalue weighted by molar-refractivity contribution is -0.127. The monoisotopic (exact) mass is 394 g/mol. The van der Waals surface area contributed by atoms with Gasteiger partial charge in [-0.05, 0) is 38.3 Å². The van der Waals surface area contributed by atoms with Crippen LogP contribution in [0.1, 0.15) is 25.3 Å². The van der Waals surface area contributed by atoms with Gasteiger partial charge in [-0.25, -0.2) is 0 Å². The molecule has 29 heavy (non-hydrogen) atoms. The Morgan fingerprint density at radius 1 is 1.45 bits per heavy atom. The average molecular weight is 394 g/mol. The molecule has 4 rings (SSSR count). The number of aromatic amines is 1. The van der Waals surface area contributed by atoms with Gasteiger partial charge in [0, 0.05) is 38.1 Å². The first kappa shape index (κ1) is 19.0. The standard InChI is InChI=1S/C20H26N8O/c1-4-16(29)27-8-6-7-14(11-27)23-19-17-13(3)9-21-18(17)25-20(26-19)24-15-10-22-28(5-2)12-15/h4,9-10,12,14H,1,5-8,11H2,2-3H3,(H3,21,23,24,25,26). The molecule has 0 bridgehead atoms. The number of amides is 1. The van der Waals surface area contributed by atoms with Gasteiger partial charge in [0.1, 0.15) is 11.5 Å². The van der Waals surface area contributed by atoms with Gasteiger partial charge in [-0.15, -0.1) is 0 Å². The number of carbonyl (C=O) groups excluding carboxylic acids is 1. The van der Waals surface area contributed by atoms with Gasteiger partial charge in [0.25, 0.3) is 0 Å². The highest BCUT2D eigenvalue weighted by Gasteiger charge is 2.24. The molecule has 0 aliphatic carbocycles. The predicted octanol–water partition coefficient (Wildman–Crippen LogP) is 2.82. The summed E-state index contributed by atoms with van der Waals surface area (Å²) in [5.74, 6) is 1.22. The minimum Gasteiger partial charge on any atom is -0.365 e. The van der Waals surface area contributed by atoms with Crippen LogP contribution in [0.4, 0.5) is 17.5 Å². The number of hydrogen-bond donors (Lipinski definition) is 3. The summed E-state index contributed by atoms with van der Waals surface area (Å²) in [5.41, 5.74) is 2.67. The minimum absolute atomic E-state index is 0.0301. The molecular weight excluding hydrogens is 368 g/mol. The van der Waals surface area contributed by atoms with Crippen molar-refractivity contribution >= 4 is 34.4 Å². The molecule has 1 fully saturated rings. The Balaban J connectivity index is 1.61. The Morgan fingerprint density at radius 3 is 3.07 bits per heavy atom. The first-order chi connectivity index (χ1) is 14.1. The van der Waals surface area contributed by atoms with Crippen LogP contribution in [-0.2, 0) is 11.3 Å². The summed E-state index contributed by atoms with van der Waals surface area (Å²) >= 11 is 0. The van der Waals surface area contributed by atoms with E-state index >= 15 is 0 Å². The molecular formula is C20H26N8O. The fourth-order valence-corrected chi connectivity index (χ4v) is 3.70. The van der Waals surface area contributed by atoms with Crippen molar-refractivity contribution in [2.45, 2.75) is 39.3 Å². The minimum atomic E-state index is -0.0301. The maximum atomic E-state index is 12.0. The largest absolute Gasteiger partial charge is 0.365 e. The number of carbonyl (C=O) groups is 1. The summed E-state index contributed by atoms with van der Waals surface area (Å²) < 4.78 is 1.84. The van der Waals surface area contributed by atoms with Crippen molar-refractivity contribution < 1.29 is 4.79 Å². The molecule has 1 amide bonds. The van der Waals surface area contributed by atoms with Gasteiger partial charge in [-0.3, -0.25) is 9.48 Å². The van der Waals surface area contributed by atoms with E-state index in [1.165, 1.54) is 6.08 Å². The fourth-order valence-electron chi connectivity index (χ4n) is 3.70. The molecule has 0 spiro atoms. The van der Waals surface area contributed by atoms with Gasteiger partial charge < -0.3 is 20.5 Å². The van der Waals surface area contributed by atoms with Crippen molar-refractivity contribution in [3.63, 3.8) is 0 Å².